The van der Waals surface area contributed by atoms with Crippen molar-refractivity contribution in [2.75, 3.05) is 13.7 Å². The number of ether oxygens (including phenoxy) is 2. The lowest BCUT2D eigenvalue weighted by atomic mass is 9.91. The smallest absolute Gasteiger partial charge is 0.165 e. The van der Waals surface area contributed by atoms with Crippen molar-refractivity contribution in [3.05, 3.63) is 23.3 Å². The van der Waals surface area contributed by atoms with Gasteiger partial charge in [0.2, 0.25) is 0 Å². The standard InChI is InChI=1S/C12H17NO2/c1-7-4-9-11(13)8(2)6-15-12(9)10(5-7)14-3/h4-5,8,11H,6,13H2,1-3H3. The highest BCUT2D eigenvalue weighted by molar-refractivity contribution is 5.51. The van der Waals surface area contributed by atoms with E-state index in [0.717, 1.165) is 22.6 Å². The fraction of sp³-hybridized carbons (Fsp3) is 0.500. The zero-order valence-corrected chi connectivity index (χ0v) is 9.41. The van der Waals surface area contributed by atoms with Crippen molar-refractivity contribution >= 4 is 0 Å². The molecule has 82 valence electrons. The van der Waals surface area contributed by atoms with Gasteiger partial charge in [-0.2, -0.15) is 0 Å². The Morgan fingerprint density at radius 2 is 2.20 bits per heavy atom. The highest BCUT2D eigenvalue weighted by Crippen LogP contribution is 2.41. The summed E-state index contributed by atoms with van der Waals surface area (Å²) in [6.45, 7) is 4.80. The lowest BCUT2D eigenvalue weighted by Gasteiger charge is -2.30. The quantitative estimate of drug-likeness (QED) is 0.766. The minimum Gasteiger partial charge on any atom is -0.493 e. The Morgan fingerprint density at radius 3 is 2.87 bits per heavy atom. The summed E-state index contributed by atoms with van der Waals surface area (Å²) in [6, 6.07) is 4.10. The van der Waals surface area contributed by atoms with E-state index < -0.39 is 0 Å². The first-order valence-electron chi connectivity index (χ1n) is 5.20. The first kappa shape index (κ1) is 10.3. The molecule has 0 spiro atoms. The Balaban J connectivity index is 2.53. The summed E-state index contributed by atoms with van der Waals surface area (Å²) in [5.74, 6) is 1.95. The molecule has 2 atom stereocenters. The van der Waals surface area contributed by atoms with Gasteiger partial charge in [0.25, 0.3) is 0 Å². The van der Waals surface area contributed by atoms with Crippen molar-refractivity contribution in [3.8, 4) is 11.5 Å². The number of hydrogen-bond donors (Lipinski definition) is 1. The van der Waals surface area contributed by atoms with Crippen LogP contribution in [0.15, 0.2) is 12.1 Å². The van der Waals surface area contributed by atoms with Crippen LogP contribution in [0, 0.1) is 12.8 Å². The molecule has 0 aliphatic carbocycles. The number of rotatable bonds is 1. The van der Waals surface area contributed by atoms with E-state index in [2.05, 4.69) is 13.0 Å². The van der Waals surface area contributed by atoms with Crippen LogP contribution in [-0.4, -0.2) is 13.7 Å². The van der Waals surface area contributed by atoms with E-state index in [9.17, 15) is 0 Å². The van der Waals surface area contributed by atoms with E-state index in [1.54, 1.807) is 7.11 Å². The Morgan fingerprint density at radius 1 is 1.47 bits per heavy atom. The number of hydrogen-bond acceptors (Lipinski definition) is 3. The van der Waals surface area contributed by atoms with Crippen molar-refractivity contribution in [1.82, 2.24) is 0 Å². The first-order valence-corrected chi connectivity index (χ1v) is 5.20. The molecule has 3 heteroatoms. The average Bonchev–Trinajstić information content (AvgIpc) is 2.23. The van der Waals surface area contributed by atoms with Crippen LogP contribution in [0.1, 0.15) is 24.1 Å². The average molecular weight is 207 g/mol. The largest absolute Gasteiger partial charge is 0.493 e. The molecule has 0 saturated carbocycles. The van der Waals surface area contributed by atoms with Crippen molar-refractivity contribution in [3.63, 3.8) is 0 Å². The van der Waals surface area contributed by atoms with Crippen LogP contribution in [0.3, 0.4) is 0 Å². The fourth-order valence-electron chi connectivity index (χ4n) is 1.95. The molecule has 1 aliphatic rings. The molecule has 0 amide bonds. The van der Waals surface area contributed by atoms with E-state index in [1.807, 2.05) is 13.0 Å². The third-order valence-electron chi connectivity index (χ3n) is 2.91. The summed E-state index contributed by atoms with van der Waals surface area (Å²) in [5.41, 5.74) is 8.36. The monoisotopic (exact) mass is 207 g/mol. The number of fused-ring (bicyclic) bond motifs is 1. The Bertz CT molecular complexity index is 376. The number of methoxy groups -OCH3 is 1. The molecular formula is C12H17NO2. The lowest BCUT2D eigenvalue weighted by molar-refractivity contribution is 0.198. The van der Waals surface area contributed by atoms with Gasteiger partial charge in [-0.1, -0.05) is 13.0 Å². The van der Waals surface area contributed by atoms with Gasteiger partial charge in [0.1, 0.15) is 0 Å². The topological polar surface area (TPSA) is 44.5 Å². The molecule has 15 heavy (non-hydrogen) atoms. The van der Waals surface area contributed by atoms with Gasteiger partial charge in [-0.25, -0.2) is 0 Å². The molecule has 1 heterocycles. The molecule has 0 radical (unpaired) electrons. The molecule has 1 aromatic rings. The molecule has 0 aromatic heterocycles. The summed E-state index contributed by atoms with van der Waals surface area (Å²) >= 11 is 0. The molecule has 2 rings (SSSR count). The number of aryl methyl sites for hydroxylation is 1. The van der Waals surface area contributed by atoms with Gasteiger partial charge >= 0.3 is 0 Å². The molecule has 0 bridgehead atoms. The normalized spacial score (nSPS) is 24.3. The maximum Gasteiger partial charge on any atom is 0.165 e. The zero-order chi connectivity index (χ0) is 11.0. The summed E-state index contributed by atoms with van der Waals surface area (Å²) in [6.07, 6.45) is 0. The zero-order valence-electron chi connectivity index (χ0n) is 9.41. The summed E-state index contributed by atoms with van der Waals surface area (Å²) < 4.78 is 11.0. The van der Waals surface area contributed by atoms with E-state index in [-0.39, 0.29) is 6.04 Å². The summed E-state index contributed by atoms with van der Waals surface area (Å²) in [4.78, 5) is 0. The molecule has 1 aliphatic heterocycles. The minimum absolute atomic E-state index is 0.0440. The fourth-order valence-corrected chi connectivity index (χ4v) is 1.95. The number of benzene rings is 1. The van der Waals surface area contributed by atoms with Crippen molar-refractivity contribution < 1.29 is 9.47 Å². The van der Waals surface area contributed by atoms with Gasteiger partial charge in [-0.3, -0.25) is 0 Å². The third kappa shape index (κ3) is 1.67. The highest BCUT2D eigenvalue weighted by Gasteiger charge is 2.27. The van der Waals surface area contributed by atoms with E-state index >= 15 is 0 Å². The van der Waals surface area contributed by atoms with Crippen molar-refractivity contribution in [2.45, 2.75) is 19.9 Å². The number of nitrogens with two attached hydrogens (primary N) is 1. The van der Waals surface area contributed by atoms with E-state index in [0.29, 0.717) is 12.5 Å². The Hall–Kier alpha value is -1.22. The second kappa shape index (κ2) is 3.74. The molecule has 0 fully saturated rings. The maximum absolute atomic E-state index is 6.15. The van der Waals surface area contributed by atoms with Crippen LogP contribution in [-0.2, 0) is 0 Å². The van der Waals surface area contributed by atoms with Crippen LogP contribution in [0.5, 0.6) is 11.5 Å². The van der Waals surface area contributed by atoms with Crippen molar-refractivity contribution in [2.24, 2.45) is 11.7 Å². The summed E-state index contributed by atoms with van der Waals surface area (Å²) in [5, 5.41) is 0. The maximum atomic E-state index is 6.15. The molecular weight excluding hydrogens is 190 g/mol. The molecule has 0 saturated heterocycles. The minimum atomic E-state index is 0.0440. The van der Waals surface area contributed by atoms with Gasteiger partial charge < -0.3 is 15.2 Å². The third-order valence-corrected chi connectivity index (χ3v) is 2.91. The van der Waals surface area contributed by atoms with Crippen LogP contribution in [0.2, 0.25) is 0 Å². The molecule has 1 aromatic carbocycles. The molecule has 2 unspecified atom stereocenters. The first-order chi connectivity index (χ1) is 7.13. The van der Waals surface area contributed by atoms with E-state index in [4.69, 9.17) is 15.2 Å². The Labute approximate surface area is 90.2 Å². The predicted octanol–water partition coefficient (Wildman–Crippen LogP) is 2.03. The second-order valence-corrected chi connectivity index (χ2v) is 4.20. The molecule has 3 nitrogen and oxygen atoms in total. The highest BCUT2D eigenvalue weighted by atomic mass is 16.5. The second-order valence-electron chi connectivity index (χ2n) is 4.20. The summed E-state index contributed by atoms with van der Waals surface area (Å²) in [7, 11) is 1.65. The van der Waals surface area contributed by atoms with Crippen LogP contribution in [0.25, 0.3) is 0 Å². The molecule has 2 N–H and O–H groups in total. The van der Waals surface area contributed by atoms with Crippen LogP contribution >= 0.6 is 0 Å². The van der Waals surface area contributed by atoms with Crippen molar-refractivity contribution in [1.29, 1.82) is 0 Å². The van der Waals surface area contributed by atoms with Gasteiger partial charge in [-0.05, 0) is 18.6 Å². The predicted molar refractivity (Wildman–Crippen MR) is 59.3 cm³/mol. The Kier molecular flexibility index (Phi) is 2.57. The van der Waals surface area contributed by atoms with Crippen LogP contribution < -0.4 is 15.2 Å². The van der Waals surface area contributed by atoms with Gasteiger partial charge in [0.15, 0.2) is 11.5 Å². The SMILES string of the molecule is COc1cc(C)cc2c1OCC(C)C2N. The van der Waals surface area contributed by atoms with E-state index in [1.165, 1.54) is 0 Å². The van der Waals surface area contributed by atoms with Gasteiger partial charge in [0.05, 0.1) is 13.7 Å². The van der Waals surface area contributed by atoms with Crippen LogP contribution in [0.4, 0.5) is 0 Å². The lowest BCUT2D eigenvalue weighted by Crippen LogP contribution is -2.29. The van der Waals surface area contributed by atoms with Gasteiger partial charge in [0, 0.05) is 17.5 Å². The van der Waals surface area contributed by atoms with Gasteiger partial charge in [-0.15, -0.1) is 0 Å².